The first-order chi connectivity index (χ1) is 13.7. The van der Waals surface area contributed by atoms with Crippen molar-refractivity contribution in [1.29, 1.82) is 0 Å². The Hall–Kier alpha value is -2.78. The van der Waals surface area contributed by atoms with Crippen molar-refractivity contribution >= 4 is 17.3 Å². The molecular weight excluding hydrogens is 370 g/mol. The van der Waals surface area contributed by atoms with E-state index < -0.39 is 0 Å². The van der Waals surface area contributed by atoms with Crippen LogP contribution in [0.1, 0.15) is 22.3 Å². The Balaban J connectivity index is 1.58. The van der Waals surface area contributed by atoms with Gasteiger partial charge in [-0.15, -0.1) is 0 Å². The number of rotatable bonds is 6. The highest BCUT2D eigenvalue weighted by atomic mass is 35.5. The molecule has 0 radical (unpaired) electrons. The van der Waals surface area contributed by atoms with Gasteiger partial charge in [0, 0.05) is 16.5 Å². The summed E-state index contributed by atoms with van der Waals surface area (Å²) in [5.74, 6) is 1.13. The Bertz CT molecular complexity index is 968. The smallest absolute Gasteiger partial charge is 0.142 e. The molecule has 0 aliphatic heterocycles. The van der Waals surface area contributed by atoms with Gasteiger partial charge in [-0.1, -0.05) is 59.2 Å². The van der Waals surface area contributed by atoms with Gasteiger partial charge >= 0.3 is 0 Å². The van der Waals surface area contributed by atoms with Crippen LogP contribution in [0, 0.1) is 5.92 Å². The highest BCUT2D eigenvalue weighted by molar-refractivity contribution is 6.30. The molecule has 0 saturated heterocycles. The van der Waals surface area contributed by atoms with Gasteiger partial charge in [-0.3, -0.25) is 0 Å². The van der Waals surface area contributed by atoms with Gasteiger partial charge in [-0.2, -0.15) is 0 Å². The van der Waals surface area contributed by atoms with Crippen LogP contribution in [0.3, 0.4) is 0 Å². The molecule has 0 amide bonds. The van der Waals surface area contributed by atoms with E-state index in [9.17, 15) is 0 Å². The molecule has 1 atom stereocenters. The highest BCUT2D eigenvalue weighted by Crippen LogP contribution is 2.33. The van der Waals surface area contributed by atoms with E-state index in [-0.39, 0.29) is 5.92 Å². The molecule has 0 bridgehead atoms. The van der Waals surface area contributed by atoms with E-state index in [1.165, 1.54) is 11.1 Å². The van der Waals surface area contributed by atoms with Crippen molar-refractivity contribution in [3.63, 3.8) is 0 Å². The molecule has 0 saturated carbocycles. The number of ether oxygens (including phenoxy) is 1. The third-order valence-corrected chi connectivity index (χ3v) is 5.33. The highest BCUT2D eigenvalue weighted by Gasteiger charge is 2.30. The second kappa shape index (κ2) is 8.49. The Kier molecular flexibility index (Phi) is 5.63. The van der Waals surface area contributed by atoms with Crippen LogP contribution < -0.4 is 4.74 Å². The molecule has 0 aromatic heterocycles. The van der Waals surface area contributed by atoms with Gasteiger partial charge in [0.25, 0.3) is 0 Å². The Morgan fingerprint density at radius 3 is 2.50 bits per heavy atom. The fourth-order valence-electron chi connectivity index (χ4n) is 3.65. The predicted molar refractivity (Wildman–Crippen MR) is 113 cm³/mol. The maximum atomic E-state index is 6.03. The van der Waals surface area contributed by atoms with Crippen molar-refractivity contribution < 1.29 is 9.57 Å². The van der Waals surface area contributed by atoms with Crippen molar-refractivity contribution in [2.45, 2.75) is 19.4 Å². The van der Waals surface area contributed by atoms with Gasteiger partial charge in [0.15, 0.2) is 0 Å². The lowest BCUT2D eigenvalue weighted by Gasteiger charge is -2.12. The van der Waals surface area contributed by atoms with Crippen molar-refractivity contribution in [2.75, 3.05) is 7.11 Å². The fraction of sp³-hybridized carbons (Fsp3) is 0.208. The summed E-state index contributed by atoms with van der Waals surface area (Å²) in [4.78, 5) is 5.74. The normalized spacial score (nSPS) is 16.8. The number of hydrogen-bond donors (Lipinski definition) is 0. The minimum Gasteiger partial charge on any atom is -0.497 e. The maximum Gasteiger partial charge on any atom is 0.142 e. The van der Waals surface area contributed by atoms with Crippen LogP contribution in [-0.2, 0) is 24.3 Å². The molecule has 4 rings (SSSR count). The average Bonchev–Trinajstić information content (AvgIpc) is 3.06. The lowest BCUT2D eigenvalue weighted by atomic mass is 9.95. The summed E-state index contributed by atoms with van der Waals surface area (Å²) in [6, 6.07) is 24.3. The van der Waals surface area contributed by atoms with Gasteiger partial charge in [-0.25, -0.2) is 0 Å². The van der Waals surface area contributed by atoms with Crippen molar-refractivity contribution in [2.24, 2.45) is 11.1 Å². The topological polar surface area (TPSA) is 30.8 Å². The lowest BCUT2D eigenvalue weighted by Crippen LogP contribution is -2.14. The van der Waals surface area contributed by atoms with E-state index in [4.69, 9.17) is 21.2 Å². The number of nitrogens with zero attached hydrogens (tertiary/aromatic N) is 1. The SMILES string of the molecule is COc1ccc2c(c1)CC(Cc1ccc(Cl)cc1)C2=NOCc1ccccc1. The quantitative estimate of drug-likeness (QED) is 0.506. The van der Waals surface area contributed by atoms with Crippen molar-refractivity contribution in [3.05, 3.63) is 100 Å². The molecule has 3 nitrogen and oxygen atoms in total. The lowest BCUT2D eigenvalue weighted by molar-refractivity contribution is 0.129. The molecule has 142 valence electrons. The molecule has 28 heavy (non-hydrogen) atoms. The molecule has 0 fully saturated rings. The molecule has 1 unspecified atom stereocenters. The molecule has 4 heteroatoms. The summed E-state index contributed by atoms with van der Waals surface area (Å²) in [5, 5.41) is 5.31. The summed E-state index contributed by atoms with van der Waals surface area (Å²) in [7, 11) is 1.69. The number of benzene rings is 3. The number of methoxy groups -OCH3 is 1. The maximum absolute atomic E-state index is 6.03. The van der Waals surface area contributed by atoms with Crippen LogP contribution in [-0.4, -0.2) is 12.8 Å². The van der Waals surface area contributed by atoms with E-state index in [1.54, 1.807) is 7.11 Å². The minimum atomic E-state index is 0.263. The van der Waals surface area contributed by atoms with Crippen LogP contribution in [0.2, 0.25) is 5.02 Å². The van der Waals surface area contributed by atoms with Gasteiger partial charge < -0.3 is 9.57 Å². The van der Waals surface area contributed by atoms with Gasteiger partial charge in [0.05, 0.1) is 12.8 Å². The number of oxime groups is 1. The number of fused-ring (bicyclic) bond motifs is 1. The molecule has 0 N–H and O–H groups in total. The molecule has 0 heterocycles. The van der Waals surface area contributed by atoms with Crippen LogP contribution in [0.25, 0.3) is 0 Å². The van der Waals surface area contributed by atoms with Gasteiger partial charge in [0.2, 0.25) is 0 Å². The predicted octanol–water partition coefficient (Wildman–Crippen LogP) is 5.68. The first-order valence-electron chi connectivity index (χ1n) is 9.38. The van der Waals surface area contributed by atoms with Gasteiger partial charge in [-0.05, 0) is 59.9 Å². The van der Waals surface area contributed by atoms with E-state index >= 15 is 0 Å². The van der Waals surface area contributed by atoms with Crippen LogP contribution in [0.15, 0.2) is 78.0 Å². The molecule has 0 spiro atoms. The standard InChI is InChI=1S/C24H22ClNO2/c1-27-22-11-12-23-19(15-22)14-20(13-17-7-9-21(25)10-8-17)24(23)26-28-16-18-5-3-2-4-6-18/h2-12,15,20H,13-14,16H2,1H3. The monoisotopic (exact) mass is 391 g/mol. The third kappa shape index (κ3) is 4.20. The summed E-state index contributed by atoms with van der Waals surface area (Å²) < 4.78 is 5.39. The van der Waals surface area contributed by atoms with E-state index in [2.05, 4.69) is 29.4 Å². The number of halogens is 1. The molecule has 1 aliphatic carbocycles. The van der Waals surface area contributed by atoms with Crippen LogP contribution >= 0.6 is 11.6 Å². The molecule has 3 aromatic rings. The van der Waals surface area contributed by atoms with E-state index in [0.717, 1.165) is 40.5 Å². The zero-order chi connectivity index (χ0) is 19.3. The van der Waals surface area contributed by atoms with Crippen molar-refractivity contribution in [3.8, 4) is 5.75 Å². The zero-order valence-electron chi connectivity index (χ0n) is 15.8. The Morgan fingerprint density at radius 2 is 1.75 bits per heavy atom. The van der Waals surface area contributed by atoms with E-state index in [0.29, 0.717) is 6.61 Å². The largest absolute Gasteiger partial charge is 0.497 e. The zero-order valence-corrected chi connectivity index (χ0v) is 16.5. The first kappa shape index (κ1) is 18.6. The van der Waals surface area contributed by atoms with Crippen LogP contribution in [0.4, 0.5) is 0 Å². The summed E-state index contributed by atoms with van der Waals surface area (Å²) in [6.07, 6.45) is 1.81. The first-order valence-corrected chi connectivity index (χ1v) is 9.76. The summed E-state index contributed by atoms with van der Waals surface area (Å²) >= 11 is 6.03. The second-order valence-electron chi connectivity index (χ2n) is 6.99. The summed E-state index contributed by atoms with van der Waals surface area (Å²) in [5.41, 5.74) is 5.75. The Labute approximate surface area is 170 Å². The average molecular weight is 392 g/mol. The second-order valence-corrected chi connectivity index (χ2v) is 7.43. The minimum absolute atomic E-state index is 0.263. The Morgan fingerprint density at radius 1 is 0.964 bits per heavy atom. The number of hydrogen-bond acceptors (Lipinski definition) is 3. The van der Waals surface area contributed by atoms with Crippen LogP contribution in [0.5, 0.6) is 5.75 Å². The molecule has 3 aromatic carbocycles. The van der Waals surface area contributed by atoms with Crippen molar-refractivity contribution in [1.82, 2.24) is 0 Å². The summed E-state index contributed by atoms with van der Waals surface area (Å²) in [6.45, 7) is 0.462. The molecule has 1 aliphatic rings. The van der Waals surface area contributed by atoms with Gasteiger partial charge in [0.1, 0.15) is 12.4 Å². The van der Waals surface area contributed by atoms with E-state index in [1.807, 2.05) is 48.5 Å². The third-order valence-electron chi connectivity index (χ3n) is 5.07. The molecular formula is C24H22ClNO2. The fourth-order valence-corrected chi connectivity index (χ4v) is 3.77.